The molecule has 0 radical (unpaired) electrons. The Bertz CT molecular complexity index is 546. The molecule has 0 saturated heterocycles. The molecule has 1 fully saturated rings. The van der Waals surface area contributed by atoms with E-state index in [4.69, 9.17) is 14.7 Å². The molecular formula is C14H17NO6. The zero-order chi connectivity index (χ0) is 15.6. The average Bonchev–Trinajstić information content (AvgIpc) is 3.19. The number of aromatic nitrogens is 1. The number of hydrogen-bond donors (Lipinski definition) is 2. The summed E-state index contributed by atoms with van der Waals surface area (Å²) in [6.45, 7) is 1.83. The standard InChI is InChI=1S/C14H17NO6/c1-2-7(5-9(13(17)18)14(19)20)12-11(8-3-4-8)10(6-16)21-15-12/h6-9H,2-5H2,1H3,(H,17,18)(H,19,20)/t7-/m1/s1. The number of rotatable bonds is 8. The number of nitrogens with zero attached hydrogens (tertiary/aromatic N) is 1. The van der Waals surface area contributed by atoms with E-state index < -0.39 is 17.9 Å². The van der Waals surface area contributed by atoms with Gasteiger partial charge in [-0.3, -0.25) is 14.4 Å². The first-order chi connectivity index (χ1) is 9.99. The minimum atomic E-state index is -1.49. The van der Waals surface area contributed by atoms with Crippen LogP contribution in [0.25, 0.3) is 0 Å². The summed E-state index contributed by atoms with van der Waals surface area (Å²) < 4.78 is 5.02. The van der Waals surface area contributed by atoms with Crippen LogP contribution in [0.5, 0.6) is 0 Å². The Morgan fingerprint density at radius 2 is 2.00 bits per heavy atom. The molecule has 0 bridgehead atoms. The molecule has 2 N–H and O–H groups in total. The third kappa shape index (κ3) is 3.12. The molecule has 1 aliphatic carbocycles. The maximum Gasteiger partial charge on any atom is 0.317 e. The van der Waals surface area contributed by atoms with Gasteiger partial charge in [0, 0.05) is 11.5 Å². The number of aldehydes is 1. The van der Waals surface area contributed by atoms with Crippen molar-refractivity contribution in [1.82, 2.24) is 5.16 Å². The van der Waals surface area contributed by atoms with Crippen LogP contribution in [0.1, 0.15) is 66.3 Å². The lowest BCUT2D eigenvalue weighted by molar-refractivity contribution is -0.155. The van der Waals surface area contributed by atoms with E-state index in [1.54, 1.807) is 0 Å². The van der Waals surface area contributed by atoms with Gasteiger partial charge in [-0.05, 0) is 31.6 Å². The average molecular weight is 295 g/mol. The Hall–Kier alpha value is -2.18. The fourth-order valence-electron chi connectivity index (χ4n) is 2.55. The van der Waals surface area contributed by atoms with Gasteiger partial charge < -0.3 is 14.7 Å². The van der Waals surface area contributed by atoms with Crippen molar-refractivity contribution in [2.45, 2.75) is 44.4 Å². The fourth-order valence-corrected chi connectivity index (χ4v) is 2.55. The highest BCUT2D eigenvalue weighted by Gasteiger charge is 2.37. The number of carboxylic acid groups (broad SMARTS) is 2. The molecule has 0 amide bonds. The van der Waals surface area contributed by atoms with Crippen LogP contribution < -0.4 is 0 Å². The molecule has 1 aromatic rings. The third-order valence-electron chi connectivity index (χ3n) is 3.87. The minimum absolute atomic E-state index is 0.0638. The fraction of sp³-hybridized carbons (Fsp3) is 0.571. The predicted molar refractivity (Wildman–Crippen MR) is 70.3 cm³/mol. The van der Waals surface area contributed by atoms with E-state index in [9.17, 15) is 14.4 Å². The van der Waals surface area contributed by atoms with Gasteiger partial charge in [-0.2, -0.15) is 0 Å². The second-order valence-corrected chi connectivity index (χ2v) is 5.31. The van der Waals surface area contributed by atoms with Gasteiger partial charge in [0.1, 0.15) is 0 Å². The van der Waals surface area contributed by atoms with E-state index in [0.29, 0.717) is 18.4 Å². The second-order valence-electron chi connectivity index (χ2n) is 5.31. The Labute approximate surface area is 120 Å². The van der Waals surface area contributed by atoms with Crippen LogP contribution in [0.4, 0.5) is 0 Å². The van der Waals surface area contributed by atoms with Crippen LogP contribution in [0, 0.1) is 5.92 Å². The van der Waals surface area contributed by atoms with E-state index in [1.807, 2.05) is 6.92 Å². The largest absolute Gasteiger partial charge is 0.481 e. The number of aliphatic carboxylic acids is 2. The highest BCUT2D eigenvalue weighted by atomic mass is 16.5. The summed E-state index contributed by atoms with van der Waals surface area (Å²) in [6, 6.07) is 0. The monoisotopic (exact) mass is 295 g/mol. The number of carbonyl (C=O) groups is 3. The van der Waals surface area contributed by atoms with Crippen LogP contribution >= 0.6 is 0 Å². The van der Waals surface area contributed by atoms with Crippen LogP contribution in [0.15, 0.2) is 4.52 Å². The summed E-state index contributed by atoms with van der Waals surface area (Å²) >= 11 is 0. The molecule has 1 aromatic heterocycles. The van der Waals surface area contributed by atoms with Gasteiger partial charge in [-0.1, -0.05) is 12.1 Å². The number of hydrogen-bond acceptors (Lipinski definition) is 5. The lowest BCUT2D eigenvalue weighted by atomic mass is 9.87. The normalized spacial score (nSPS) is 15.9. The first-order valence-electron chi connectivity index (χ1n) is 6.89. The molecule has 114 valence electrons. The van der Waals surface area contributed by atoms with E-state index in [2.05, 4.69) is 5.16 Å². The summed E-state index contributed by atoms with van der Waals surface area (Å²) in [5.41, 5.74) is 1.26. The van der Waals surface area contributed by atoms with E-state index in [1.165, 1.54) is 0 Å². The Kier molecular flexibility index (Phi) is 4.40. The molecular weight excluding hydrogens is 278 g/mol. The molecule has 7 nitrogen and oxygen atoms in total. The van der Waals surface area contributed by atoms with Gasteiger partial charge in [0.2, 0.25) is 5.76 Å². The summed E-state index contributed by atoms with van der Waals surface area (Å²) in [7, 11) is 0. The molecule has 0 aromatic carbocycles. The van der Waals surface area contributed by atoms with E-state index in [-0.39, 0.29) is 24.0 Å². The van der Waals surface area contributed by atoms with Crippen molar-refractivity contribution >= 4 is 18.2 Å². The van der Waals surface area contributed by atoms with Crippen molar-refractivity contribution in [3.63, 3.8) is 0 Å². The van der Waals surface area contributed by atoms with Gasteiger partial charge >= 0.3 is 11.9 Å². The topological polar surface area (TPSA) is 118 Å². The van der Waals surface area contributed by atoms with Gasteiger partial charge in [0.25, 0.3) is 0 Å². The van der Waals surface area contributed by atoms with Crippen molar-refractivity contribution in [3.8, 4) is 0 Å². The zero-order valence-corrected chi connectivity index (χ0v) is 11.6. The maximum absolute atomic E-state index is 11.0. The summed E-state index contributed by atoms with van der Waals surface area (Å²) in [5, 5.41) is 21.9. The van der Waals surface area contributed by atoms with Gasteiger partial charge in [0.15, 0.2) is 12.2 Å². The van der Waals surface area contributed by atoms with Crippen molar-refractivity contribution in [1.29, 1.82) is 0 Å². The quantitative estimate of drug-likeness (QED) is 0.556. The first-order valence-corrected chi connectivity index (χ1v) is 6.89. The lowest BCUT2D eigenvalue weighted by Crippen LogP contribution is -2.25. The van der Waals surface area contributed by atoms with Crippen LogP contribution in [0.3, 0.4) is 0 Å². The highest BCUT2D eigenvalue weighted by Crippen LogP contribution is 2.45. The maximum atomic E-state index is 11.0. The molecule has 0 aliphatic heterocycles. The summed E-state index contributed by atoms with van der Waals surface area (Å²) in [5.74, 6) is -4.18. The molecule has 1 heterocycles. The molecule has 2 rings (SSSR count). The lowest BCUT2D eigenvalue weighted by Gasteiger charge is -2.16. The Morgan fingerprint density at radius 3 is 2.43 bits per heavy atom. The zero-order valence-electron chi connectivity index (χ0n) is 11.6. The summed E-state index contributed by atoms with van der Waals surface area (Å²) in [6.07, 6.45) is 2.94. The van der Waals surface area contributed by atoms with Crippen molar-refractivity contribution < 1.29 is 29.1 Å². The summed E-state index contributed by atoms with van der Waals surface area (Å²) in [4.78, 5) is 33.1. The number of carboxylic acids is 2. The molecule has 7 heteroatoms. The molecule has 1 saturated carbocycles. The van der Waals surface area contributed by atoms with Crippen LogP contribution in [0.2, 0.25) is 0 Å². The van der Waals surface area contributed by atoms with Crippen molar-refractivity contribution in [3.05, 3.63) is 17.0 Å². The van der Waals surface area contributed by atoms with Gasteiger partial charge in [-0.25, -0.2) is 0 Å². The van der Waals surface area contributed by atoms with Gasteiger partial charge in [-0.15, -0.1) is 0 Å². The highest BCUT2D eigenvalue weighted by molar-refractivity contribution is 5.92. The van der Waals surface area contributed by atoms with E-state index in [0.717, 1.165) is 18.4 Å². The molecule has 21 heavy (non-hydrogen) atoms. The van der Waals surface area contributed by atoms with Crippen LogP contribution in [-0.4, -0.2) is 33.6 Å². The SMILES string of the molecule is CC[C@H](CC(C(=O)O)C(=O)O)c1noc(C=O)c1C1CC1. The third-order valence-corrected chi connectivity index (χ3v) is 3.87. The Balaban J connectivity index is 2.29. The minimum Gasteiger partial charge on any atom is -0.481 e. The predicted octanol–water partition coefficient (Wildman–Crippen LogP) is 2.03. The van der Waals surface area contributed by atoms with Crippen LogP contribution in [-0.2, 0) is 9.59 Å². The molecule has 1 atom stereocenters. The van der Waals surface area contributed by atoms with Crippen molar-refractivity contribution in [2.75, 3.05) is 0 Å². The number of carbonyl (C=O) groups excluding carboxylic acids is 1. The molecule has 0 spiro atoms. The van der Waals surface area contributed by atoms with Gasteiger partial charge in [0.05, 0.1) is 5.69 Å². The van der Waals surface area contributed by atoms with E-state index >= 15 is 0 Å². The van der Waals surface area contributed by atoms with Crippen molar-refractivity contribution in [2.24, 2.45) is 5.92 Å². The first kappa shape index (κ1) is 15.2. The molecule has 1 aliphatic rings. The second kappa shape index (κ2) is 6.07. The molecule has 0 unspecified atom stereocenters. The Morgan fingerprint density at radius 1 is 1.38 bits per heavy atom. The smallest absolute Gasteiger partial charge is 0.317 e.